The van der Waals surface area contributed by atoms with E-state index in [1.807, 2.05) is 13.8 Å². The summed E-state index contributed by atoms with van der Waals surface area (Å²) in [6, 6.07) is 8.20. The average Bonchev–Trinajstić information content (AvgIpc) is 3.76. The summed E-state index contributed by atoms with van der Waals surface area (Å²) in [7, 11) is -0.399. The number of halogens is 3. The van der Waals surface area contributed by atoms with Gasteiger partial charge in [0, 0.05) is 17.7 Å². The van der Waals surface area contributed by atoms with Crippen molar-refractivity contribution in [3.8, 4) is 0 Å². The Morgan fingerprint density at radius 1 is 1.14 bits per heavy atom. The largest absolute Gasteiger partial charge is 0.353 e. The summed E-state index contributed by atoms with van der Waals surface area (Å²) >= 11 is 2.05. The third kappa shape index (κ3) is 5.94. The highest BCUT2D eigenvalue weighted by atomic mass is 127. The van der Waals surface area contributed by atoms with E-state index in [4.69, 9.17) is 0 Å². The minimum atomic E-state index is -2.72. The fourth-order valence-corrected chi connectivity index (χ4v) is 6.78. The summed E-state index contributed by atoms with van der Waals surface area (Å²) in [6.45, 7) is 8.41. The lowest BCUT2D eigenvalue weighted by Gasteiger charge is -2.17. The van der Waals surface area contributed by atoms with Gasteiger partial charge in [0.25, 0.3) is 6.43 Å². The Balaban J connectivity index is 0.00000141. The molecular weight excluding hydrogens is 601 g/mol. The standard InChI is InChI=1S/C22H24F2IN5OP2.C2H6/c1-33(2)16-9-13(11-3-4-11)7-8-14(16)26-15-10-17(28-22(31)12-5-6-12)27-20-18(15)29-21(19(23)24)30(20)32-25;1-2/h7-12,19,32H,3-6H2,1-2H3,(H2,26,27,28,31);1-2H3. The zero-order chi connectivity index (χ0) is 25.3. The maximum atomic E-state index is 13.7. The molecule has 11 heteroatoms. The summed E-state index contributed by atoms with van der Waals surface area (Å²) in [6.07, 6.45) is 1.50. The molecular formula is C24H30F2IN5OP2. The molecule has 2 saturated carbocycles. The quantitative estimate of drug-likeness (QED) is 0.199. The molecule has 2 fully saturated rings. The van der Waals surface area contributed by atoms with Gasteiger partial charge in [0.05, 0.1) is 12.1 Å². The van der Waals surface area contributed by atoms with Crippen LogP contribution < -0.4 is 15.9 Å². The molecule has 0 spiro atoms. The number of fused-ring (bicyclic) bond motifs is 1. The van der Waals surface area contributed by atoms with Crippen molar-refractivity contribution in [3.05, 3.63) is 35.7 Å². The molecule has 0 saturated heterocycles. The zero-order valence-corrected chi connectivity index (χ0v) is 24.3. The van der Waals surface area contributed by atoms with Crippen molar-refractivity contribution < 1.29 is 13.6 Å². The van der Waals surface area contributed by atoms with Gasteiger partial charge in [-0.15, -0.1) is 0 Å². The normalized spacial score (nSPS) is 15.7. The van der Waals surface area contributed by atoms with E-state index in [9.17, 15) is 13.6 Å². The number of nitrogens with zero attached hydrogens (tertiary/aromatic N) is 3. The second kappa shape index (κ2) is 11.3. The van der Waals surface area contributed by atoms with Crippen LogP contribution in [-0.2, 0) is 4.79 Å². The van der Waals surface area contributed by atoms with Crippen molar-refractivity contribution in [2.75, 3.05) is 24.0 Å². The van der Waals surface area contributed by atoms with Gasteiger partial charge in [0.15, 0.2) is 11.5 Å². The minimum Gasteiger partial charge on any atom is -0.353 e. The maximum Gasteiger partial charge on any atom is 0.295 e. The number of hydrogen-bond donors (Lipinski definition) is 2. The van der Waals surface area contributed by atoms with Crippen LogP contribution >= 0.6 is 36.3 Å². The monoisotopic (exact) mass is 631 g/mol. The topological polar surface area (TPSA) is 71.8 Å². The number of nitrogens with one attached hydrogen (secondary N) is 2. The van der Waals surface area contributed by atoms with Crippen LogP contribution in [0.4, 0.5) is 26.0 Å². The number of aromatic nitrogens is 3. The number of amides is 1. The Hall–Kier alpha value is -1.44. The van der Waals surface area contributed by atoms with Crippen LogP contribution in [-0.4, -0.2) is 33.5 Å². The molecule has 1 amide bonds. The van der Waals surface area contributed by atoms with Crippen molar-refractivity contribution >= 4 is 75.9 Å². The number of hydrogen-bond acceptors (Lipinski definition) is 4. The summed E-state index contributed by atoms with van der Waals surface area (Å²) in [5, 5.41) is 7.55. The van der Waals surface area contributed by atoms with Gasteiger partial charge in [-0.05, 0) is 90.0 Å². The van der Waals surface area contributed by atoms with Crippen LogP contribution in [0.1, 0.15) is 63.3 Å². The summed E-state index contributed by atoms with van der Waals surface area (Å²) in [5.74, 6) is 0.627. The molecule has 5 rings (SSSR count). The third-order valence-electron chi connectivity index (χ3n) is 5.94. The van der Waals surface area contributed by atoms with Crippen LogP contribution in [0.2, 0.25) is 0 Å². The SMILES string of the molecule is CC.CP(C)c1cc(C2CC2)ccc1Nc1cc(NC(=O)C2CC2)nc2c1nc(C(F)F)n2PI. The lowest BCUT2D eigenvalue weighted by atomic mass is 10.1. The Morgan fingerprint density at radius 2 is 1.86 bits per heavy atom. The Bertz CT molecular complexity index is 1230. The van der Waals surface area contributed by atoms with Crippen molar-refractivity contribution in [2.24, 2.45) is 5.92 Å². The first-order valence-electron chi connectivity index (χ1n) is 11.8. The van der Waals surface area contributed by atoms with Crippen LogP contribution in [0, 0.1) is 5.92 Å². The molecule has 2 N–H and O–H groups in total. The number of carbonyl (C=O) groups is 1. The van der Waals surface area contributed by atoms with E-state index in [2.05, 4.69) is 74.2 Å². The molecule has 2 aliphatic rings. The maximum absolute atomic E-state index is 13.7. The van der Waals surface area contributed by atoms with Gasteiger partial charge < -0.3 is 10.6 Å². The van der Waals surface area contributed by atoms with E-state index in [0.29, 0.717) is 28.6 Å². The van der Waals surface area contributed by atoms with Gasteiger partial charge in [0.2, 0.25) is 5.91 Å². The number of pyridine rings is 1. The lowest BCUT2D eigenvalue weighted by molar-refractivity contribution is -0.117. The number of benzene rings is 1. The van der Waals surface area contributed by atoms with Gasteiger partial charge in [-0.25, -0.2) is 18.7 Å². The Kier molecular flexibility index (Phi) is 8.60. The predicted molar refractivity (Wildman–Crippen MR) is 153 cm³/mol. The predicted octanol–water partition coefficient (Wildman–Crippen LogP) is 7.52. The molecule has 35 heavy (non-hydrogen) atoms. The first kappa shape index (κ1) is 26.6. The number of rotatable bonds is 8. The molecule has 0 aliphatic heterocycles. The van der Waals surface area contributed by atoms with Crippen LogP contribution in [0.3, 0.4) is 0 Å². The van der Waals surface area contributed by atoms with Crippen molar-refractivity contribution in [2.45, 2.75) is 51.9 Å². The van der Waals surface area contributed by atoms with Crippen molar-refractivity contribution in [3.63, 3.8) is 0 Å². The molecule has 3 aromatic rings. The Labute approximate surface area is 220 Å². The van der Waals surface area contributed by atoms with Crippen LogP contribution in [0.5, 0.6) is 0 Å². The molecule has 188 valence electrons. The number of carbonyl (C=O) groups excluding carboxylic acids is 1. The smallest absolute Gasteiger partial charge is 0.295 e. The molecule has 2 aromatic heterocycles. The van der Waals surface area contributed by atoms with E-state index in [0.717, 1.165) is 18.5 Å². The van der Waals surface area contributed by atoms with E-state index >= 15 is 0 Å². The first-order valence-corrected chi connectivity index (χ1v) is 18.1. The second-order valence-electron chi connectivity index (χ2n) is 8.75. The van der Waals surface area contributed by atoms with E-state index in [-0.39, 0.29) is 24.0 Å². The Morgan fingerprint density at radius 3 is 2.43 bits per heavy atom. The first-order chi connectivity index (χ1) is 16.9. The number of anilines is 3. The van der Waals surface area contributed by atoms with Gasteiger partial charge in [-0.2, -0.15) is 0 Å². The summed E-state index contributed by atoms with van der Waals surface area (Å²) in [5.41, 5.74) is 3.60. The number of imidazole rings is 1. The second-order valence-corrected chi connectivity index (χ2v) is 13.1. The lowest BCUT2D eigenvalue weighted by Crippen LogP contribution is -2.15. The fraction of sp³-hybridized carbons (Fsp3) is 0.458. The van der Waals surface area contributed by atoms with E-state index in [1.54, 1.807) is 6.07 Å². The van der Waals surface area contributed by atoms with Gasteiger partial charge in [-0.1, -0.05) is 27.8 Å². The zero-order valence-electron chi connectivity index (χ0n) is 20.2. The van der Waals surface area contributed by atoms with E-state index in [1.165, 1.54) is 28.0 Å². The molecule has 1 aromatic carbocycles. The van der Waals surface area contributed by atoms with Crippen molar-refractivity contribution in [1.29, 1.82) is 0 Å². The van der Waals surface area contributed by atoms with Gasteiger partial charge in [0.1, 0.15) is 11.3 Å². The average molecular weight is 631 g/mol. The van der Waals surface area contributed by atoms with E-state index < -0.39 is 14.3 Å². The highest BCUT2D eigenvalue weighted by Gasteiger charge is 2.31. The molecule has 2 heterocycles. The van der Waals surface area contributed by atoms with Crippen LogP contribution in [0.25, 0.3) is 11.2 Å². The molecule has 1 atom stereocenters. The summed E-state index contributed by atoms with van der Waals surface area (Å²) < 4.78 is 28.9. The highest BCUT2D eigenvalue weighted by molar-refractivity contribution is 14.2. The summed E-state index contributed by atoms with van der Waals surface area (Å²) in [4.78, 5) is 21.2. The third-order valence-corrected chi connectivity index (χ3v) is 9.33. The fourth-order valence-electron chi connectivity index (χ4n) is 3.87. The van der Waals surface area contributed by atoms with Crippen molar-refractivity contribution in [1.82, 2.24) is 14.3 Å². The molecule has 6 nitrogen and oxygen atoms in total. The van der Waals surface area contributed by atoms with Gasteiger partial charge >= 0.3 is 0 Å². The molecule has 0 radical (unpaired) electrons. The van der Waals surface area contributed by atoms with Gasteiger partial charge in [-0.3, -0.25) is 9.13 Å². The highest BCUT2D eigenvalue weighted by Crippen LogP contribution is 2.43. The minimum absolute atomic E-state index is 0.00445. The molecule has 0 bridgehead atoms. The van der Waals surface area contributed by atoms with Crippen LogP contribution in [0.15, 0.2) is 24.3 Å². The number of alkyl halides is 2. The molecule has 1 unspecified atom stereocenters. The molecule has 2 aliphatic carbocycles.